The van der Waals surface area contributed by atoms with E-state index in [-0.39, 0.29) is 11.9 Å². The maximum atomic E-state index is 14.0. The molecule has 10 heteroatoms. The molecule has 0 N–H and O–H groups in total. The Morgan fingerprint density at radius 3 is 2.45 bits per heavy atom. The molecule has 0 aliphatic carbocycles. The van der Waals surface area contributed by atoms with Crippen LogP contribution in [-0.2, 0) is 16.6 Å². The number of methoxy groups -OCH3 is 1. The fourth-order valence-electron chi connectivity index (χ4n) is 6.17. The summed E-state index contributed by atoms with van der Waals surface area (Å²) in [5, 5.41) is 1.78. The molecule has 1 amide bonds. The van der Waals surface area contributed by atoms with Gasteiger partial charge in [-0.25, -0.2) is 12.7 Å². The average molecular weight is 611 g/mol. The van der Waals surface area contributed by atoms with Crippen LogP contribution in [0.3, 0.4) is 0 Å². The van der Waals surface area contributed by atoms with Gasteiger partial charge in [0.15, 0.2) is 0 Å². The van der Waals surface area contributed by atoms with Crippen LogP contribution in [0.1, 0.15) is 59.8 Å². The van der Waals surface area contributed by atoms with Crippen LogP contribution in [0.5, 0.6) is 5.75 Å². The number of sulfonamides is 1. The van der Waals surface area contributed by atoms with Gasteiger partial charge in [0.05, 0.1) is 13.2 Å². The topological polar surface area (TPSA) is 73.4 Å². The molecule has 0 unspecified atom stereocenters. The third kappa shape index (κ3) is 6.08. The molecule has 3 aromatic rings. The molecular formula is C32H42N4O4S2. The summed E-state index contributed by atoms with van der Waals surface area (Å²) < 4.78 is 33.3. The summed E-state index contributed by atoms with van der Waals surface area (Å²) in [4.78, 5) is 20.9. The highest BCUT2D eigenvalue weighted by atomic mass is 32.2. The lowest BCUT2D eigenvalue weighted by molar-refractivity contribution is 0.0688. The van der Waals surface area contributed by atoms with Gasteiger partial charge < -0.3 is 14.5 Å². The Labute approximate surface area is 254 Å². The molecule has 0 spiro atoms. The lowest BCUT2D eigenvalue weighted by Gasteiger charge is -2.38. The van der Waals surface area contributed by atoms with Gasteiger partial charge in [-0.2, -0.15) is 0 Å². The van der Waals surface area contributed by atoms with Gasteiger partial charge in [0.1, 0.15) is 9.96 Å². The van der Waals surface area contributed by atoms with E-state index < -0.39 is 10.0 Å². The molecule has 226 valence electrons. The quantitative estimate of drug-likeness (QED) is 0.290. The SMILES string of the molecule is COc1ccc([C@@H](CCCN(C)S(=O)(=O)c2cccs2)N2Cc3c(cccc3N3CCN(C(C)C)CC3)C2=O)cc1C. The number of anilines is 1. The van der Waals surface area contributed by atoms with Crippen molar-refractivity contribution < 1.29 is 17.9 Å². The smallest absolute Gasteiger partial charge is 0.255 e. The molecule has 2 aromatic carbocycles. The molecule has 0 saturated carbocycles. The number of carbonyl (C=O) groups is 1. The van der Waals surface area contributed by atoms with Crippen LogP contribution in [0, 0.1) is 6.92 Å². The molecule has 2 aliphatic heterocycles. The minimum Gasteiger partial charge on any atom is -0.496 e. The van der Waals surface area contributed by atoms with Gasteiger partial charge in [-0.3, -0.25) is 9.69 Å². The van der Waals surface area contributed by atoms with Crippen LogP contribution < -0.4 is 9.64 Å². The first-order chi connectivity index (χ1) is 20.1. The number of benzene rings is 2. The molecule has 8 nitrogen and oxygen atoms in total. The summed E-state index contributed by atoms with van der Waals surface area (Å²) in [5.41, 5.74) is 5.05. The fraction of sp³-hybridized carbons (Fsp3) is 0.469. The van der Waals surface area contributed by atoms with Crippen molar-refractivity contribution in [3.8, 4) is 5.75 Å². The molecule has 1 fully saturated rings. The van der Waals surface area contributed by atoms with Gasteiger partial charge >= 0.3 is 0 Å². The zero-order valence-corrected chi connectivity index (χ0v) is 26.9. The number of hydrogen-bond acceptors (Lipinski definition) is 7. The van der Waals surface area contributed by atoms with E-state index in [2.05, 4.69) is 35.8 Å². The highest BCUT2D eigenvalue weighted by Gasteiger charge is 2.36. The van der Waals surface area contributed by atoms with E-state index in [4.69, 9.17) is 4.74 Å². The van der Waals surface area contributed by atoms with Crippen LogP contribution in [0.15, 0.2) is 58.1 Å². The molecule has 0 bridgehead atoms. The number of hydrogen-bond donors (Lipinski definition) is 0. The maximum Gasteiger partial charge on any atom is 0.255 e. The second-order valence-electron chi connectivity index (χ2n) is 11.5. The largest absolute Gasteiger partial charge is 0.496 e. The van der Waals surface area contributed by atoms with E-state index >= 15 is 0 Å². The monoisotopic (exact) mass is 610 g/mol. The Morgan fingerprint density at radius 1 is 1.05 bits per heavy atom. The Kier molecular flexibility index (Phi) is 9.27. The van der Waals surface area contributed by atoms with E-state index in [0.29, 0.717) is 36.2 Å². The Bertz CT molecular complexity index is 1500. The first-order valence-electron chi connectivity index (χ1n) is 14.7. The van der Waals surface area contributed by atoms with Crippen LogP contribution >= 0.6 is 11.3 Å². The van der Waals surface area contributed by atoms with Crippen molar-refractivity contribution in [2.45, 2.75) is 56.5 Å². The van der Waals surface area contributed by atoms with Crippen LogP contribution in [0.2, 0.25) is 0 Å². The molecule has 5 rings (SSSR count). The number of fused-ring (bicyclic) bond motifs is 1. The summed E-state index contributed by atoms with van der Waals surface area (Å²) >= 11 is 1.23. The Balaban J connectivity index is 1.38. The van der Waals surface area contributed by atoms with Gasteiger partial charge in [-0.1, -0.05) is 24.3 Å². The van der Waals surface area contributed by atoms with Crippen molar-refractivity contribution in [2.75, 3.05) is 51.8 Å². The van der Waals surface area contributed by atoms with Crippen molar-refractivity contribution in [2.24, 2.45) is 0 Å². The van der Waals surface area contributed by atoms with Gasteiger partial charge in [0.2, 0.25) is 0 Å². The average Bonchev–Trinajstić information content (AvgIpc) is 3.64. The second kappa shape index (κ2) is 12.8. The van der Waals surface area contributed by atoms with Gasteiger partial charge in [0.25, 0.3) is 15.9 Å². The number of nitrogens with zero attached hydrogens (tertiary/aromatic N) is 4. The molecule has 1 saturated heterocycles. The molecule has 0 radical (unpaired) electrons. The van der Waals surface area contributed by atoms with Crippen molar-refractivity contribution in [1.29, 1.82) is 0 Å². The minimum absolute atomic E-state index is 0.0331. The molecule has 1 atom stereocenters. The van der Waals surface area contributed by atoms with E-state index in [1.165, 1.54) is 15.6 Å². The first kappa shape index (κ1) is 30.5. The predicted molar refractivity (Wildman–Crippen MR) is 169 cm³/mol. The summed E-state index contributed by atoms with van der Waals surface area (Å²) in [7, 11) is -0.241. The Morgan fingerprint density at radius 2 is 1.81 bits per heavy atom. The second-order valence-corrected chi connectivity index (χ2v) is 14.7. The lowest BCUT2D eigenvalue weighted by Crippen LogP contribution is -2.49. The predicted octanol–water partition coefficient (Wildman–Crippen LogP) is 5.39. The molecule has 1 aromatic heterocycles. The molecule has 3 heterocycles. The van der Waals surface area contributed by atoms with Crippen LogP contribution in [0.4, 0.5) is 5.69 Å². The van der Waals surface area contributed by atoms with E-state index in [0.717, 1.165) is 59.9 Å². The maximum absolute atomic E-state index is 14.0. The number of piperazine rings is 1. The lowest BCUT2D eigenvalue weighted by atomic mass is 9.98. The minimum atomic E-state index is -3.53. The number of ether oxygens (including phenoxy) is 1. The van der Waals surface area contributed by atoms with Crippen LogP contribution in [-0.4, -0.2) is 81.4 Å². The van der Waals surface area contributed by atoms with E-state index in [1.807, 2.05) is 36.1 Å². The summed E-state index contributed by atoms with van der Waals surface area (Å²) in [6.45, 7) is 11.3. The van der Waals surface area contributed by atoms with E-state index in [1.54, 1.807) is 31.7 Å². The van der Waals surface area contributed by atoms with Crippen molar-refractivity contribution >= 4 is 33.0 Å². The number of amides is 1. The molecule has 2 aliphatic rings. The number of thiophene rings is 1. The molecule has 42 heavy (non-hydrogen) atoms. The van der Waals surface area contributed by atoms with Crippen molar-refractivity contribution in [3.05, 3.63) is 76.2 Å². The summed E-state index contributed by atoms with van der Waals surface area (Å²) in [6, 6.07) is 15.9. The third-order valence-electron chi connectivity index (χ3n) is 8.65. The zero-order chi connectivity index (χ0) is 30.0. The van der Waals surface area contributed by atoms with E-state index in [9.17, 15) is 13.2 Å². The standard InChI is InChI=1S/C32H42N4O4S2/c1-23(2)34-16-18-35(19-17-34)29-10-6-9-26-27(29)22-36(32(26)37)28(25-13-14-30(40-5)24(3)21-25)11-7-15-33(4)42(38,39)31-12-8-20-41-31/h6,8-10,12-14,20-21,23,28H,7,11,15-19,22H2,1-5H3/t28-/m1/s1. The first-order valence-corrected chi connectivity index (χ1v) is 17.0. The normalized spacial score (nSPS) is 16.9. The third-order valence-corrected chi connectivity index (χ3v) is 11.9. The fourth-order valence-corrected chi connectivity index (χ4v) is 8.58. The molecular weight excluding hydrogens is 569 g/mol. The Hall–Kier alpha value is -2.92. The van der Waals surface area contributed by atoms with Crippen molar-refractivity contribution in [3.63, 3.8) is 0 Å². The number of rotatable bonds is 11. The van der Waals surface area contributed by atoms with Crippen molar-refractivity contribution in [1.82, 2.24) is 14.1 Å². The highest BCUT2D eigenvalue weighted by Crippen LogP contribution is 2.39. The summed E-state index contributed by atoms with van der Waals surface area (Å²) in [6.07, 6.45) is 1.25. The summed E-state index contributed by atoms with van der Waals surface area (Å²) in [5.74, 6) is 0.837. The zero-order valence-electron chi connectivity index (χ0n) is 25.2. The number of aryl methyl sites for hydroxylation is 1. The number of carbonyl (C=O) groups excluding carboxylic acids is 1. The van der Waals surface area contributed by atoms with Crippen LogP contribution in [0.25, 0.3) is 0 Å². The van der Waals surface area contributed by atoms with Gasteiger partial charge in [-0.05, 0) is 74.4 Å². The van der Waals surface area contributed by atoms with Gasteiger partial charge in [-0.15, -0.1) is 11.3 Å². The van der Waals surface area contributed by atoms with Gasteiger partial charge in [0, 0.05) is 69.2 Å². The highest BCUT2D eigenvalue weighted by molar-refractivity contribution is 7.91.